The molecule has 1 aromatic rings. The van der Waals surface area contributed by atoms with Gasteiger partial charge in [-0.05, 0) is 43.0 Å². The summed E-state index contributed by atoms with van der Waals surface area (Å²) in [6, 6.07) is 5.99. The third kappa shape index (κ3) is 3.63. The van der Waals surface area contributed by atoms with Gasteiger partial charge in [0.1, 0.15) is 0 Å². The van der Waals surface area contributed by atoms with Crippen molar-refractivity contribution in [2.45, 2.75) is 44.8 Å². The maximum Gasteiger partial charge on any atom is 0.251 e. The van der Waals surface area contributed by atoms with Crippen LogP contribution in [0.1, 0.15) is 47.2 Å². The van der Waals surface area contributed by atoms with Gasteiger partial charge in [0.05, 0.1) is 12.7 Å². The molecule has 0 aromatic heterocycles. The van der Waals surface area contributed by atoms with Crippen molar-refractivity contribution in [2.75, 3.05) is 19.7 Å². The van der Waals surface area contributed by atoms with E-state index in [2.05, 4.69) is 16.7 Å². The summed E-state index contributed by atoms with van der Waals surface area (Å²) in [5.74, 6) is 0.0313. The molecular weight excluding hydrogens is 264 g/mol. The highest BCUT2D eigenvalue weighted by atomic mass is 16.5. The first-order chi connectivity index (χ1) is 10.3. The smallest absolute Gasteiger partial charge is 0.251 e. The molecule has 1 amide bonds. The van der Waals surface area contributed by atoms with Crippen molar-refractivity contribution in [3.05, 3.63) is 34.9 Å². The molecule has 1 aliphatic heterocycles. The third-order valence-electron chi connectivity index (χ3n) is 4.43. The lowest BCUT2D eigenvalue weighted by Gasteiger charge is -2.20. The lowest BCUT2D eigenvalue weighted by molar-refractivity contribution is 0.0581. The van der Waals surface area contributed by atoms with Crippen LogP contribution >= 0.6 is 0 Å². The molecule has 1 aliphatic carbocycles. The minimum absolute atomic E-state index is 0.0313. The van der Waals surface area contributed by atoms with Gasteiger partial charge in [0.25, 0.3) is 5.91 Å². The maximum atomic E-state index is 12.3. The number of hydrogen-bond donors (Lipinski definition) is 2. The van der Waals surface area contributed by atoms with Crippen LogP contribution in [0, 0.1) is 0 Å². The van der Waals surface area contributed by atoms with Gasteiger partial charge in [-0.15, -0.1) is 0 Å². The van der Waals surface area contributed by atoms with E-state index in [4.69, 9.17) is 4.74 Å². The van der Waals surface area contributed by atoms with Gasteiger partial charge in [-0.1, -0.05) is 25.0 Å². The molecule has 1 saturated carbocycles. The van der Waals surface area contributed by atoms with Crippen LogP contribution in [0.5, 0.6) is 0 Å². The monoisotopic (exact) mass is 288 g/mol. The molecule has 0 spiro atoms. The zero-order valence-electron chi connectivity index (χ0n) is 12.5. The molecule has 1 heterocycles. The second kappa shape index (κ2) is 7.05. The highest BCUT2D eigenvalue weighted by molar-refractivity contribution is 5.96. The molecule has 1 aromatic carbocycles. The summed E-state index contributed by atoms with van der Waals surface area (Å²) in [5.41, 5.74) is 3.27. The fourth-order valence-electron chi connectivity index (χ4n) is 3.29. The summed E-state index contributed by atoms with van der Waals surface area (Å²) >= 11 is 0. The quantitative estimate of drug-likeness (QED) is 0.815. The lowest BCUT2D eigenvalue weighted by atomic mass is 9.95. The van der Waals surface area contributed by atoms with Gasteiger partial charge in [0.15, 0.2) is 0 Å². The normalized spacial score (nSPS) is 18.5. The van der Waals surface area contributed by atoms with Crippen LogP contribution in [0.4, 0.5) is 0 Å². The lowest BCUT2D eigenvalue weighted by Crippen LogP contribution is -2.31. The molecule has 0 saturated heterocycles. The molecule has 0 unspecified atom stereocenters. The predicted octanol–water partition coefficient (Wildman–Crippen LogP) is 2.02. The van der Waals surface area contributed by atoms with Gasteiger partial charge in [-0.25, -0.2) is 0 Å². The Labute approximate surface area is 126 Å². The zero-order valence-corrected chi connectivity index (χ0v) is 12.5. The number of benzene rings is 1. The van der Waals surface area contributed by atoms with Crippen molar-refractivity contribution in [3.8, 4) is 0 Å². The van der Waals surface area contributed by atoms with Crippen LogP contribution in [0.2, 0.25) is 0 Å². The fourth-order valence-corrected chi connectivity index (χ4v) is 3.29. The first-order valence-corrected chi connectivity index (χ1v) is 8.06. The molecule has 1 fully saturated rings. The van der Waals surface area contributed by atoms with Gasteiger partial charge in [0, 0.05) is 18.7 Å². The summed E-state index contributed by atoms with van der Waals surface area (Å²) in [6.45, 7) is 3.02. The average molecular weight is 288 g/mol. The summed E-state index contributed by atoms with van der Waals surface area (Å²) in [7, 11) is 0. The molecule has 0 radical (unpaired) electrons. The van der Waals surface area contributed by atoms with E-state index in [1.165, 1.54) is 36.8 Å². The van der Waals surface area contributed by atoms with Gasteiger partial charge in [0.2, 0.25) is 0 Å². The maximum absolute atomic E-state index is 12.3. The van der Waals surface area contributed by atoms with Crippen LogP contribution in [-0.4, -0.2) is 31.7 Å². The molecular formula is C17H24N2O2. The average Bonchev–Trinajstić information content (AvgIpc) is 3.04. The van der Waals surface area contributed by atoms with Gasteiger partial charge in [-0.2, -0.15) is 0 Å². The Morgan fingerprint density at radius 1 is 1.33 bits per heavy atom. The summed E-state index contributed by atoms with van der Waals surface area (Å²) in [6.07, 6.45) is 6.25. The van der Waals surface area contributed by atoms with Crippen LogP contribution in [0.3, 0.4) is 0 Å². The first-order valence-electron chi connectivity index (χ1n) is 8.06. The number of ether oxygens (including phenoxy) is 1. The standard InChI is InChI=1S/C17H24N2O2/c20-17(19-10-11-21-14-5-1-2-6-14)16-7-3-4-13-12-18-9-8-15(13)16/h3-4,7,14,18H,1-2,5-6,8-12H2,(H,19,20). The molecule has 4 heteroatoms. The summed E-state index contributed by atoms with van der Waals surface area (Å²) < 4.78 is 5.78. The van der Waals surface area contributed by atoms with Crippen molar-refractivity contribution < 1.29 is 9.53 Å². The Hall–Kier alpha value is -1.39. The Kier molecular flexibility index (Phi) is 4.88. The molecule has 21 heavy (non-hydrogen) atoms. The Morgan fingerprint density at radius 2 is 2.19 bits per heavy atom. The largest absolute Gasteiger partial charge is 0.376 e. The van der Waals surface area contributed by atoms with Crippen molar-refractivity contribution in [1.29, 1.82) is 0 Å². The molecule has 2 N–H and O–H groups in total. The Bertz CT molecular complexity index is 496. The number of hydrogen-bond acceptors (Lipinski definition) is 3. The van der Waals surface area contributed by atoms with Crippen LogP contribution < -0.4 is 10.6 Å². The first kappa shape index (κ1) is 14.5. The second-order valence-electron chi connectivity index (χ2n) is 5.90. The Balaban J connectivity index is 1.51. The predicted molar refractivity (Wildman–Crippen MR) is 82.4 cm³/mol. The number of carbonyl (C=O) groups is 1. The van der Waals surface area contributed by atoms with Crippen molar-refractivity contribution >= 4 is 5.91 Å². The van der Waals surface area contributed by atoms with E-state index in [0.29, 0.717) is 19.3 Å². The SMILES string of the molecule is O=C(NCCOC1CCCC1)c1cccc2c1CCNC2. The van der Waals surface area contributed by atoms with E-state index in [-0.39, 0.29) is 5.91 Å². The molecule has 114 valence electrons. The fraction of sp³-hybridized carbons (Fsp3) is 0.588. The van der Waals surface area contributed by atoms with Crippen molar-refractivity contribution in [3.63, 3.8) is 0 Å². The highest BCUT2D eigenvalue weighted by Gasteiger charge is 2.17. The number of nitrogens with one attached hydrogen (secondary N) is 2. The molecule has 3 rings (SSSR count). The molecule has 0 bridgehead atoms. The van der Waals surface area contributed by atoms with Gasteiger partial charge in [-0.3, -0.25) is 4.79 Å². The number of fused-ring (bicyclic) bond motifs is 1. The van der Waals surface area contributed by atoms with E-state index in [1.54, 1.807) is 0 Å². The van der Waals surface area contributed by atoms with Crippen LogP contribution in [0.15, 0.2) is 18.2 Å². The minimum atomic E-state index is 0.0313. The van der Waals surface area contributed by atoms with Crippen LogP contribution in [-0.2, 0) is 17.7 Å². The third-order valence-corrected chi connectivity index (χ3v) is 4.43. The summed E-state index contributed by atoms with van der Waals surface area (Å²) in [5, 5.41) is 6.33. The molecule has 4 nitrogen and oxygen atoms in total. The second-order valence-corrected chi connectivity index (χ2v) is 5.90. The minimum Gasteiger partial charge on any atom is -0.376 e. The van der Waals surface area contributed by atoms with E-state index >= 15 is 0 Å². The van der Waals surface area contributed by atoms with Gasteiger partial charge < -0.3 is 15.4 Å². The number of amides is 1. The summed E-state index contributed by atoms with van der Waals surface area (Å²) in [4.78, 5) is 12.3. The van der Waals surface area contributed by atoms with Crippen molar-refractivity contribution in [2.24, 2.45) is 0 Å². The van der Waals surface area contributed by atoms with E-state index in [0.717, 1.165) is 25.1 Å². The number of rotatable bonds is 5. The molecule has 0 atom stereocenters. The number of carbonyl (C=O) groups excluding carboxylic acids is 1. The van der Waals surface area contributed by atoms with Crippen LogP contribution in [0.25, 0.3) is 0 Å². The highest BCUT2D eigenvalue weighted by Crippen LogP contribution is 2.21. The van der Waals surface area contributed by atoms with Crippen molar-refractivity contribution in [1.82, 2.24) is 10.6 Å². The van der Waals surface area contributed by atoms with Gasteiger partial charge >= 0.3 is 0 Å². The van der Waals surface area contributed by atoms with E-state index in [1.807, 2.05) is 12.1 Å². The van der Waals surface area contributed by atoms with E-state index < -0.39 is 0 Å². The zero-order chi connectivity index (χ0) is 14.5. The Morgan fingerprint density at radius 3 is 3.05 bits per heavy atom. The molecule has 2 aliphatic rings. The van der Waals surface area contributed by atoms with E-state index in [9.17, 15) is 4.79 Å². The topological polar surface area (TPSA) is 50.4 Å².